The minimum absolute atomic E-state index is 0.0941. The predicted octanol–water partition coefficient (Wildman–Crippen LogP) is 3.49. The number of carboxylic acids is 1. The Morgan fingerprint density at radius 2 is 1.81 bits per heavy atom. The van der Waals surface area contributed by atoms with Gasteiger partial charge < -0.3 is 30.5 Å². The molecule has 4 N–H and O–H groups in total. The summed E-state index contributed by atoms with van der Waals surface area (Å²) in [7, 11) is 1.84. The summed E-state index contributed by atoms with van der Waals surface area (Å²) in [5, 5.41) is 17.6. The fourth-order valence-corrected chi connectivity index (χ4v) is 2.71. The molecule has 0 aliphatic rings. The van der Waals surface area contributed by atoms with E-state index in [1.165, 1.54) is 12.3 Å². The number of nitrogens with one attached hydrogen (secondary N) is 3. The fourth-order valence-electron chi connectivity index (χ4n) is 2.71. The quantitative estimate of drug-likeness (QED) is 0.359. The number of likely N-dealkylation sites (N-methyl/N-ethyl adjacent to an activating group) is 1. The molecule has 3 rings (SSSR count). The molecule has 0 saturated heterocycles. The lowest BCUT2D eigenvalue weighted by Gasteiger charge is -2.13. The van der Waals surface area contributed by atoms with Gasteiger partial charge in [-0.3, -0.25) is 0 Å². The van der Waals surface area contributed by atoms with Crippen LogP contribution in [0.1, 0.15) is 16.1 Å². The number of aromatic nitrogens is 1. The number of nitrogens with zero attached hydrogens (tertiary/aromatic N) is 1. The molecule has 9 nitrogen and oxygen atoms in total. The van der Waals surface area contributed by atoms with Crippen LogP contribution < -0.4 is 25.4 Å². The number of carboxylic acid groups (broad SMARTS) is 1. The Morgan fingerprint density at radius 1 is 1.03 bits per heavy atom. The van der Waals surface area contributed by atoms with Gasteiger partial charge in [-0.15, -0.1) is 0 Å². The number of pyridine rings is 1. The molecule has 2 amide bonds. The van der Waals surface area contributed by atoms with E-state index in [2.05, 4.69) is 20.9 Å². The molecule has 0 aliphatic heterocycles. The standard InChI is InChI=1S/C23H24N4O5/c1-24-12-13-31-21-5-3-2-4-19(21)27-23(30)26-15-16-6-8-17(9-7-16)32-18-10-11-25-20(14-18)22(28)29/h2-11,14,24H,12-13,15H2,1H3,(H,28,29)(H2,26,27,30). The lowest BCUT2D eigenvalue weighted by molar-refractivity contribution is 0.0690. The highest BCUT2D eigenvalue weighted by atomic mass is 16.5. The molecule has 0 saturated carbocycles. The molecule has 9 heteroatoms. The summed E-state index contributed by atoms with van der Waals surface area (Å²) >= 11 is 0. The van der Waals surface area contributed by atoms with Crippen LogP contribution in [0.2, 0.25) is 0 Å². The fraction of sp³-hybridized carbons (Fsp3) is 0.174. The van der Waals surface area contributed by atoms with Crippen LogP contribution in [-0.4, -0.2) is 42.3 Å². The zero-order chi connectivity index (χ0) is 22.8. The number of aromatic carboxylic acids is 1. The van der Waals surface area contributed by atoms with Crippen LogP contribution in [0.25, 0.3) is 0 Å². The van der Waals surface area contributed by atoms with Gasteiger partial charge in [0.05, 0.1) is 5.69 Å². The van der Waals surface area contributed by atoms with Gasteiger partial charge in [-0.2, -0.15) is 0 Å². The Bertz CT molecular complexity index is 1060. The molecule has 32 heavy (non-hydrogen) atoms. The SMILES string of the molecule is CNCCOc1ccccc1NC(=O)NCc1ccc(Oc2ccnc(C(=O)O)c2)cc1. The minimum Gasteiger partial charge on any atom is -0.490 e. The van der Waals surface area contributed by atoms with E-state index in [0.29, 0.717) is 42.6 Å². The van der Waals surface area contributed by atoms with E-state index in [4.69, 9.17) is 14.6 Å². The Kier molecular flexibility index (Phi) is 7.99. The molecule has 2 aromatic carbocycles. The second-order valence-corrected chi connectivity index (χ2v) is 6.68. The summed E-state index contributed by atoms with van der Waals surface area (Å²) in [6, 6.07) is 16.9. The first-order valence-electron chi connectivity index (χ1n) is 9.92. The Balaban J connectivity index is 1.52. The summed E-state index contributed by atoms with van der Waals surface area (Å²) in [6.45, 7) is 1.50. The van der Waals surface area contributed by atoms with Gasteiger partial charge in [0.15, 0.2) is 5.69 Å². The summed E-state index contributed by atoms with van der Waals surface area (Å²) in [5.74, 6) is 0.385. The second-order valence-electron chi connectivity index (χ2n) is 6.68. The van der Waals surface area contributed by atoms with Gasteiger partial charge in [-0.1, -0.05) is 24.3 Å². The number of urea groups is 1. The number of anilines is 1. The van der Waals surface area contributed by atoms with Gasteiger partial charge in [0, 0.05) is 25.4 Å². The maximum absolute atomic E-state index is 12.3. The number of amides is 2. The average molecular weight is 436 g/mol. The molecule has 0 atom stereocenters. The molecular weight excluding hydrogens is 412 g/mol. The average Bonchev–Trinajstić information content (AvgIpc) is 2.80. The summed E-state index contributed by atoms with van der Waals surface area (Å²) in [6.07, 6.45) is 1.37. The third-order valence-electron chi connectivity index (χ3n) is 4.31. The molecule has 0 spiro atoms. The van der Waals surface area contributed by atoms with Gasteiger partial charge >= 0.3 is 12.0 Å². The number of para-hydroxylation sites is 2. The highest BCUT2D eigenvalue weighted by Crippen LogP contribution is 2.24. The predicted molar refractivity (Wildman–Crippen MR) is 119 cm³/mol. The first-order chi connectivity index (χ1) is 15.5. The lowest BCUT2D eigenvalue weighted by Crippen LogP contribution is -2.28. The van der Waals surface area contributed by atoms with Crippen molar-refractivity contribution in [3.05, 3.63) is 78.1 Å². The normalized spacial score (nSPS) is 10.3. The first-order valence-corrected chi connectivity index (χ1v) is 9.92. The number of carbonyl (C=O) groups excluding carboxylic acids is 1. The molecule has 1 heterocycles. The van der Waals surface area contributed by atoms with Gasteiger partial charge in [-0.05, 0) is 42.9 Å². The third kappa shape index (κ3) is 6.71. The van der Waals surface area contributed by atoms with E-state index in [9.17, 15) is 9.59 Å². The van der Waals surface area contributed by atoms with Crippen LogP contribution in [-0.2, 0) is 6.54 Å². The number of hydrogen-bond acceptors (Lipinski definition) is 6. The van der Waals surface area contributed by atoms with Gasteiger partial charge in [-0.25, -0.2) is 14.6 Å². The van der Waals surface area contributed by atoms with E-state index >= 15 is 0 Å². The number of ether oxygens (including phenoxy) is 2. The van der Waals surface area contributed by atoms with Crippen molar-refractivity contribution in [2.75, 3.05) is 25.5 Å². The number of rotatable bonds is 10. The number of benzene rings is 2. The Labute approximate surface area is 185 Å². The maximum Gasteiger partial charge on any atom is 0.354 e. The topological polar surface area (TPSA) is 122 Å². The molecule has 166 valence electrons. The summed E-state index contributed by atoms with van der Waals surface area (Å²) < 4.78 is 11.3. The van der Waals surface area contributed by atoms with Crippen molar-refractivity contribution < 1.29 is 24.2 Å². The smallest absolute Gasteiger partial charge is 0.354 e. The Hall–Kier alpha value is -4.11. The van der Waals surface area contributed by atoms with E-state index in [1.54, 1.807) is 30.3 Å². The van der Waals surface area contributed by atoms with Crippen molar-refractivity contribution in [3.63, 3.8) is 0 Å². The monoisotopic (exact) mass is 436 g/mol. The molecule has 0 aliphatic carbocycles. The zero-order valence-corrected chi connectivity index (χ0v) is 17.5. The van der Waals surface area contributed by atoms with Crippen molar-refractivity contribution in [3.8, 4) is 17.2 Å². The van der Waals surface area contributed by atoms with Crippen molar-refractivity contribution >= 4 is 17.7 Å². The highest BCUT2D eigenvalue weighted by Gasteiger charge is 2.08. The van der Waals surface area contributed by atoms with Crippen LogP contribution in [0.4, 0.5) is 10.5 Å². The van der Waals surface area contributed by atoms with E-state index in [1.807, 2.05) is 31.3 Å². The maximum atomic E-state index is 12.3. The van der Waals surface area contributed by atoms with Crippen LogP contribution in [0.15, 0.2) is 66.9 Å². The lowest BCUT2D eigenvalue weighted by atomic mass is 10.2. The van der Waals surface area contributed by atoms with Crippen molar-refractivity contribution in [2.24, 2.45) is 0 Å². The summed E-state index contributed by atoms with van der Waals surface area (Å²) in [5.41, 5.74) is 1.36. The molecule has 1 aromatic heterocycles. The minimum atomic E-state index is -1.12. The van der Waals surface area contributed by atoms with Gasteiger partial charge in [0.1, 0.15) is 23.9 Å². The summed E-state index contributed by atoms with van der Waals surface area (Å²) in [4.78, 5) is 27.1. The first kappa shape index (κ1) is 22.6. The molecule has 0 fully saturated rings. The molecule has 0 unspecified atom stereocenters. The van der Waals surface area contributed by atoms with Crippen molar-refractivity contribution in [1.29, 1.82) is 0 Å². The molecule has 3 aromatic rings. The van der Waals surface area contributed by atoms with Crippen molar-refractivity contribution in [2.45, 2.75) is 6.54 Å². The van der Waals surface area contributed by atoms with Gasteiger partial charge in [0.25, 0.3) is 0 Å². The van der Waals surface area contributed by atoms with Crippen LogP contribution in [0.5, 0.6) is 17.2 Å². The van der Waals surface area contributed by atoms with E-state index in [-0.39, 0.29) is 11.7 Å². The van der Waals surface area contributed by atoms with E-state index < -0.39 is 5.97 Å². The molecular formula is C23H24N4O5. The largest absolute Gasteiger partial charge is 0.490 e. The zero-order valence-electron chi connectivity index (χ0n) is 17.5. The second kappa shape index (κ2) is 11.3. The Morgan fingerprint density at radius 3 is 2.56 bits per heavy atom. The third-order valence-corrected chi connectivity index (χ3v) is 4.31. The molecule has 0 radical (unpaired) electrons. The van der Waals surface area contributed by atoms with Crippen LogP contribution in [0, 0.1) is 0 Å². The number of hydrogen-bond donors (Lipinski definition) is 4. The highest BCUT2D eigenvalue weighted by molar-refractivity contribution is 5.90. The van der Waals surface area contributed by atoms with Gasteiger partial charge in [0.2, 0.25) is 0 Å². The van der Waals surface area contributed by atoms with Crippen molar-refractivity contribution in [1.82, 2.24) is 15.6 Å². The number of carbonyl (C=O) groups is 2. The van der Waals surface area contributed by atoms with E-state index in [0.717, 1.165) is 5.56 Å². The molecule has 0 bridgehead atoms. The van der Waals surface area contributed by atoms with Crippen LogP contribution >= 0.6 is 0 Å². The van der Waals surface area contributed by atoms with Crippen LogP contribution in [0.3, 0.4) is 0 Å².